The lowest BCUT2D eigenvalue weighted by Gasteiger charge is -2.18. The number of fused-ring (bicyclic) bond motifs is 1. The average molecular weight is 348 g/mol. The van der Waals surface area contributed by atoms with Gasteiger partial charge < -0.3 is 10.4 Å². The molecule has 2 atom stereocenters. The molecule has 2 N–H and O–H groups in total. The number of rotatable bonds is 3. The Labute approximate surface area is 151 Å². The van der Waals surface area contributed by atoms with Gasteiger partial charge in [0.2, 0.25) is 0 Å². The number of aromatic nitrogens is 3. The molecule has 0 aliphatic heterocycles. The summed E-state index contributed by atoms with van der Waals surface area (Å²) in [5.74, 6) is 1.30. The summed E-state index contributed by atoms with van der Waals surface area (Å²) in [6, 6.07) is 14.6. The monoisotopic (exact) mass is 348 g/mol. The highest BCUT2D eigenvalue weighted by molar-refractivity contribution is 5.94. The van der Waals surface area contributed by atoms with E-state index in [0.29, 0.717) is 17.8 Å². The Morgan fingerprint density at radius 2 is 1.88 bits per heavy atom. The highest BCUT2D eigenvalue weighted by atomic mass is 16.3. The summed E-state index contributed by atoms with van der Waals surface area (Å²) in [4.78, 5) is 16.9. The lowest BCUT2D eigenvalue weighted by atomic mass is 10.1. The molecule has 6 nitrogen and oxygen atoms in total. The van der Waals surface area contributed by atoms with Gasteiger partial charge in [-0.3, -0.25) is 4.79 Å². The number of hydrogen-bond donors (Lipinski definition) is 2. The van der Waals surface area contributed by atoms with Crippen LogP contribution in [-0.2, 0) is 6.42 Å². The highest BCUT2D eigenvalue weighted by Crippen LogP contribution is 2.31. The molecule has 132 valence electrons. The number of carbonyl (C=O) groups is 1. The summed E-state index contributed by atoms with van der Waals surface area (Å²) < 4.78 is 1.74. The van der Waals surface area contributed by atoms with Gasteiger partial charge in [0.1, 0.15) is 11.6 Å². The summed E-state index contributed by atoms with van der Waals surface area (Å²) in [5, 5.41) is 17.6. The molecule has 0 fully saturated rings. The molecule has 1 amide bonds. The molecule has 26 heavy (non-hydrogen) atoms. The zero-order valence-corrected chi connectivity index (χ0v) is 14.7. The molecular weight excluding hydrogens is 328 g/mol. The number of amides is 1. The molecule has 2 aromatic carbocycles. The number of nitrogens with zero attached hydrogens (tertiary/aromatic N) is 3. The van der Waals surface area contributed by atoms with E-state index in [0.717, 1.165) is 22.6 Å². The van der Waals surface area contributed by atoms with Crippen molar-refractivity contribution in [1.29, 1.82) is 0 Å². The van der Waals surface area contributed by atoms with Gasteiger partial charge in [0.15, 0.2) is 0 Å². The van der Waals surface area contributed by atoms with E-state index in [1.54, 1.807) is 16.8 Å². The van der Waals surface area contributed by atoms with Gasteiger partial charge in [-0.25, -0.2) is 9.67 Å². The van der Waals surface area contributed by atoms with Crippen LogP contribution in [0.4, 0.5) is 0 Å². The van der Waals surface area contributed by atoms with Crippen molar-refractivity contribution in [1.82, 2.24) is 20.1 Å². The first-order valence-electron chi connectivity index (χ1n) is 8.60. The van der Waals surface area contributed by atoms with E-state index in [9.17, 15) is 9.90 Å². The second-order valence-corrected chi connectivity index (χ2v) is 6.59. The standard InChI is InChI=1S/C20H20N4O2/c1-12-21-13(2)24(23-12)16-9-7-14(8-10-16)20(26)22-19-17-6-4-3-5-15(17)11-18(19)25/h3-10,18-19,25H,11H2,1-2H3,(H,22,26). The Morgan fingerprint density at radius 3 is 2.58 bits per heavy atom. The van der Waals surface area contributed by atoms with Crippen LogP contribution in [0.1, 0.15) is 39.2 Å². The maximum absolute atomic E-state index is 12.6. The third-order valence-electron chi connectivity index (χ3n) is 4.74. The van der Waals surface area contributed by atoms with Crippen LogP contribution < -0.4 is 5.32 Å². The molecule has 3 aromatic rings. The van der Waals surface area contributed by atoms with Crippen LogP contribution in [0.3, 0.4) is 0 Å². The Hall–Kier alpha value is -2.99. The molecule has 6 heteroatoms. The molecule has 0 saturated heterocycles. The number of benzene rings is 2. The van der Waals surface area contributed by atoms with Gasteiger partial charge in [-0.15, -0.1) is 0 Å². The van der Waals surface area contributed by atoms with Crippen molar-refractivity contribution in [2.75, 3.05) is 0 Å². The molecule has 1 heterocycles. The number of hydrogen-bond acceptors (Lipinski definition) is 4. The van der Waals surface area contributed by atoms with E-state index in [1.165, 1.54) is 0 Å². The van der Waals surface area contributed by atoms with Crippen molar-refractivity contribution >= 4 is 5.91 Å². The fraction of sp³-hybridized carbons (Fsp3) is 0.250. The molecular formula is C20H20N4O2. The molecule has 2 unspecified atom stereocenters. The van der Waals surface area contributed by atoms with Crippen molar-refractivity contribution in [2.45, 2.75) is 32.4 Å². The predicted molar refractivity (Wildman–Crippen MR) is 97.2 cm³/mol. The summed E-state index contributed by atoms with van der Waals surface area (Å²) in [6.45, 7) is 3.73. The number of nitrogens with one attached hydrogen (secondary N) is 1. The van der Waals surface area contributed by atoms with Gasteiger partial charge in [-0.1, -0.05) is 24.3 Å². The van der Waals surface area contributed by atoms with Gasteiger partial charge in [-0.05, 0) is 49.2 Å². The van der Waals surface area contributed by atoms with Crippen molar-refractivity contribution in [3.05, 3.63) is 76.9 Å². The third kappa shape index (κ3) is 2.88. The Bertz CT molecular complexity index is 962. The van der Waals surface area contributed by atoms with Crippen LogP contribution >= 0.6 is 0 Å². The molecule has 1 aliphatic carbocycles. The Balaban J connectivity index is 1.53. The summed E-state index contributed by atoms with van der Waals surface area (Å²) in [5.41, 5.74) is 3.46. The van der Waals surface area contributed by atoms with E-state index < -0.39 is 6.10 Å². The molecule has 1 aromatic heterocycles. The van der Waals surface area contributed by atoms with E-state index in [-0.39, 0.29) is 11.9 Å². The minimum absolute atomic E-state index is 0.205. The largest absolute Gasteiger partial charge is 0.390 e. The Kier molecular flexibility index (Phi) is 4.05. The highest BCUT2D eigenvalue weighted by Gasteiger charge is 2.32. The first kappa shape index (κ1) is 16.5. The summed E-state index contributed by atoms with van der Waals surface area (Å²) in [6.07, 6.45) is -0.0401. The first-order chi connectivity index (χ1) is 12.5. The Morgan fingerprint density at radius 1 is 1.15 bits per heavy atom. The molecule has 1 aliphatic rings. The smallest absolute Gasteiger partial charge is 0.251 e. The van der Waals surface area contributed by atoms with E-state index in [4.69, 9.17) is 0 Å². The van der Waals surface area contributed by atoms with Gasteiger partial charge in [0.25, 0.3) is 5.91 Å². The predicted octanol–water partition coefficient (Wildman–Crippen LogP) is 2.27. The fourth-order valence-corrected chi connectivity index (χ4v) is 3.49. The van der Waals surface area contributed by atoms with Crippen LogP contribution in [0, 0.1) is 13.8 Å². The lowest BCUT2D eigenvalue weighted by molar-refractivity contribution is 0.0858. The lowest BCUT2D eigenvalue weighted by Crippen LogP contribution is -2.33. The number of aryl methyl sites for hydroxylation is 2. The van der Waals surface area contributed by atoms with E-state index in [1.807, 2.05) is 50.2 Å². The van der Waals surface area contributed by atoms with Gasteiger partial charge >= 0.3 is 0 Å². The van der Waals surface area contributed by atoms with Crippen LogP contribution in [0.2, 0.25) is 0 Å². The van der Waals surface area contributed by atoms with Crippen LogP contribution in [-0.4, -0.2) is 31.9 Å². The SMILES string of the molecule is Cc1nc(C)n(-c2ccc(C(=O)NC3c4ccccc4CC3O)cc2)n1. The normalized spacial score (nSPS) is 18.6. The van der Waals surface area contributed by atoms with E-state index >= 15 is 0 Å². The number of aliphatic hydroxyl groups is 1. The first-order valence-corrected chi connectivity index (χ1v) is 8.60. The second-order valence-electron chi connectivity index (χ2n) is 6.59. The molecule has 4 rings (SSSR count). The molecule has 0 spiro atoms. The molecule has 0 saturated carbocycles. The zero-order valence-electron chi connectivity index (χ0n) is 14.7. The minimum atomic E-state index is -0.601. The van der Waals surface area contributed by atoms with Crippen LogP contribution in [0.5, 0.6) is 0 Å². The molecule has 0 bridgehead atoms. The van der Waals surface area contributed by atoms with Crippen molar-refractivity contribution in [3.8, 4) is 5.69 Å². The van der Waals surface area contributed by atoms with Crippen molar-refractivity contribution in [2.24, 2.45) is 0 Å². The summed E-state index contributed by atoms with van der Waals surface area (Å²) >= 11 is 0. The number of carbonyl (C=O) groups excluding carboxylic acids is 1. The average Bonchev–Trinajstić information content (AvgIpc) is 3.14. The third-order valence-corrected chi connectivity index (χ3v) is 4.74. The van der Waals surface area contributed by atoms with Crippen LogP contribution in [0.15, 0.2) is 48.5 Å². The van der Waals surface area contributed by atoms with Crippen molar-refractivity contribution < 1.29 is 9.90 Å². The van der Waals surface area contributed by atoms with E-state index in [2.05, 4.69) is 15.4 Å². The quantitative estimate of drug-likeness (QED) is 0.761. The maximum Gasteiger partial charge on any atom is 0.251 e. The minimum Gasteiger partial charge on any atom is -0.390 e. The van der Waals surface area contributed by atoms with Gasteiger partial charge in [0, 0.05) is 12.0 Å². The number of aliphatic hydroxyl groups excluding tert-OH is 1. The summed E-state index contributed by atoms with van der Waals surface area (Å²) in [7, 11) is 0. The molecule has 0 radical (unpaired) electrons. The van der Waals surface area contributed by atoms with Gasteiger partial charge in [-0.2, -0.15) is 5.10 Å². The zero-order chi connectivity index (χ0) is 18.3. The van der Waals surface area contributed by atoms with Crippen LogP contribution in [0.25, 0.3) is 5.69 Å². The van der Waals surface area contributed by atoms with Crippen molar-refractivity contribution in [3.63, 3.8) is 0 Å². The maximum atomic E-state index is 12.6. The van der Waals surface area contributed by atoms with Gasteiger partial charge in [0.05, 0.1) is 17.8 Å². The fourth-order valence-electron chi connectivity index (χ4n) is 3.49. The topological polar surface area (TPSA) is 80.0 Å². The second kappa shape index (κ2) is 6.38.